The number of carbonyl (C=O) groups excluding carboxylic acids is 1. The van der Waals surface area contributed by atoms with Gasteiger partial charge in [-0.3, -0.25) is 9.36 Å². The van der Waals surface area contributed by atoms with E-state index in [0.717, 1.165) is 0 Å². The standard InChI is InChI=1S/C23H21BrN2O6S/c1-5-31-22(28)19-12(2)25-23-26(20(19)13-6-8-15(29-3)16(10-13)30-4)21(27)17(33-23)11-14-7-9-18(24)32-14/h6-11,20H,5H2,1-4H3/b17-11-. The first-order chi connectivity index (χ1) is 15.9. The second-order valence-corrected chi connectivity index (χ2v) is 8.85. The second-order valence-electron chi connectivity index (χ2n) is 7.06. The number of ether oxygens (including phenoxy) is 3. The molecule has 33 heavy (non-hydrogen) atoms. The van der Waals surface area contributed by atoms with Crippen molar-refractivity contribution in [2.24, 2.45) is 4.99 Å². The van der Waals surface area contributed by atoms with Crippen molar-refractivity contribution in [1.82, 2.24) is 4.57 Å². The number of benzene rings is 1. The zero-order chi connectivity index (χ0) is 23.7. The Morgan fingerprint density at radius 1 is 1.24 bits per heavy atom. The summed E-state index contributed by atoms with van der Waals surface area (Å²) >= 11 is 4.49. The molecule has 0 saturated heterocycles. The Balaban J connectivity index is 1.97. The molecule has 1 aromatic carbocycles. The summed E-state index contributed by atoms with van der Waals surface area (Å²) in [6, 6.07) is 8.04. The van der Waals surface area contributed by atoms with Crippen LogP contribution in [0.2, 0.25) is 0 Å². The molecule has 0 N–H and O–H groups in total. The average molecular weight is 533 g/mol. The predicted octanol–water partition coefficient (Wildman–Crippen LogP) is 3.17. The predicted molar refractivity (Wildman–Crippen MR) is 126 cm³/mol. The van der Waals surface area contributed by atoms with Crippen molar-refractivity contribution in [3.8, 4) is 11.5 Å². The van der Waals surface area contributed by atoms with Crippen molar-refractivity contribution in [3.05, 3.63) is 77.3 Å². The van der Waals surface area contributed by atoms with Gasteiger partial charge in [0.15, 0.2) is 21.0 Å². The highest BCUT2D eigenvalue weighted by Gasteiger charge is 2.33. The zero-order valence-corrected chi connectivity index (χ0v) is 20.8. The maximum atomic E-state index is 13.5. The summed E-state index contributed by atoms with van der Waals surface area (Å²) in [4.78, 5) is 31.5. The number of fused-ring (bicyclic) bond motifs is 1. The van der Waals surface area contributed by atoms with Gasteiger partial charge >= 0.3 is 5.97 Å². The van der Waals surface area contributed by atoms with E-state index in [2.05, 4.69) is 20.9 Å². The maximum Gasteiger partial charge on any atom is 0.338 e. The van der Waals surface area contributed by atoms with E-state index in [0.29, 0.717) is 48.1 Å². The first-order valence-corrected chi connectivity index (χ1v) is 11.7. The Hall–Kier alpha value is -3.11. The van der Waals surface area contributed by atoms with Gasteiger partial charge in [-0.05, 0) is 59.6 Å². The number of halogens is 1. The fourth-order valence-corrected chi connectivity index (χ4v) is 5.01. The molecule has 0 aliphatic carbocycles. The van der Waals surface area contributed by atoms with Gasteiger partial charge in [0.05, 0.1) is 42.7 Å². The average Bonchev–Trinajstić information content (AvgIpc) is 3.34. The van der Waals surface area contributed by atoms with Crippen molar-refractivity contribution in [2.45, 2.75) is 19.9 Å². The Bertz CT molecular complexity index is 1430. The zero-order valence-electron chi connectivity index (χ0n) is 18.4. The summed E-state index contributed by atoms with van der Waals surface area (Å²) in [7, 11) is 3.07. The maximum absolute atomic E-state index is 13.5. The van der Waals surface area contributed by atoms with Crippen molar-refractivity contribution in [1.29, 1.82) is 0 Å². The molecule has 0 saturated carbocycles. The van der Waals surface area contributed by atoms with E-state index in [9.17, 15) is 9.59 Å². The number of allylic oxidation sites excluding steroid dienone is 1. The number of aromatic nitrogens is 1. The molecule has 10 heteroatoms. The van der Waals surface area contributed by atoms with Gasteiger partial charge in [0.25, 0.3) is 5.56 Å². The highest BCUT2D eigenvalue weighted by molar-refractivity contribution is 9.10. The highest BCUT2D eigenvalue weighted by Crippen LogP contribution is 2.36. The summed E-state index contributed by atoms with van der Waals surface area (Å²) in [5.41, 5.74) is 1.16. The van der Waals surface area contributed by atoms with Crippen molar-refractivity contribution in [3.63, 3.8) is 0 Å². The van der Waals surface area contributed by atoms with Crippen LogP contribution in [0.4, 0.5) is 0 Å². The van der Waals surface area contributed by atoms with Crippen LogP contribution in [0, 0.1) is 0 Å². The lowest BCUT2D eigenvalue weighted by Gasteiger charge is -2.25. The van der Waals surface area contributed by atoms with Crippen LogP contribution in [-0.2, 0) is 9.53 Å². The molecule has 0 bridgehead atoms. The summed E-state index contributed by atoms with van der Waals surface area (Å²) in [6.45, 7) is 3.67. The highest BCUT2D eigenvalue weighted by atomic mass is 79.9. The monoisotopic (exact) mass is 532 g/mol. The number of carbonyl (C=O) groups is 1. The minimum Gasteiger partial charge on any atom is -0.493 e. The fraction of sp³-hybridized carbons (Fsp3) is 0.261. The lowest BCUT2D eigenvalue weighted by Crippen LogP contribution is -2.39. The van der Waals surface area contributed by atoms with Crippen LogP contribution >= 0.6 is 27.3 Å². The molecule has 1 atom stereocenters. The number of rotatable bonds is 6. The van der Waals surface area contributed by atoms with Crippen LogP contribution in [0.25, 0.3) is 6.08 Å². The third-order valence-electron chi connectivity index (χ3n) is 5.11. The minimum absolute atomic E-state index is 0.200. The van der Waals surface area contributed by atoms with Gasteiger partial charge in [-0.2, -0.15) is 0 Å². The Morgan fingerprint density at radius 2 is 2.00 bits per heavy atom. The Labute approximate surface area is 201 Å². The Morgan fingerprint density at radius 3 is 2.64 bits per heavy atom. The summed E-state index contributed by atoms with van der Waals surface area (Å²) < 4.78 is 24.1. The molecule has 4 rings (SSSR count). The molecule has 0 spiro atoms. The molecule has 2 aromatic heterocycles. The molecule has 172 valence electrons. The smallest absolute Gasteiger partial charge is 0.338 e. The number of methoxy groups -OCH3 is 2. The number of hydrogen-bond donors (Lipinski definition) is 0. The molecule has 1 aliphatic heterocycles. The van der Waals surface area contributed by atoms with Crippen LogP contribution in [-0.4, -0.2) is 31.4 Å². The molecule has 8 nitrogen and oxygen atoms in total. The minimum atomic E-state index is -0.745. The molecule has 0 fully saturated rings. The van der Waals surface area contributed by atoms with E-state index >= 15 is 0 Å². The summed E-state index contributed by atoms with van der Waals surface area (Å²) in [5.74, 6) is 1.02. The van der Waals surface area contributed by atoms with Crippen molar-refractivity contribution in [2.75, 3.05) is 20.8 Å². The molecule has 0 amide bonds. The van der Waals surface area contributed by atoms with E-state index in [4.69, 9.17) is 18.6 Å². The topological polar surface area (TPSA) is 92.3 Å². The molecule has 1 unspecified atom stereocenters. The molecular formula is C23H21BrN2O6S. The number of hydrogen-bond acceptors (Lipinski definition) is 8. The van der Waals surface area contributed by atoms with Crippen molar-refractivity contribution >= 4 is 39.3 Å². The first-order valence-electron chi connectivity index (χ1n) is 10.0. The molecular weight excluding hydrogens is 512 g/mol. The lowest BCUT2D eigenvalue weighted by molar-refractivity contribution is -0.139. The van der Waals surface area contributed by atoms with E-state index < -0.39 is 12.0 Å². The van der Waals surface area contributed by atoms with Crippen LogP contribution in [0.15, 0.2) is 60.5 Å². The van der Waals surface area contributed by atoms with Crippen LogP contribution in [0.1, 0.15) is 31.2 Å². The number of thiazole rings is 1. The normalized spacial score (nSPS) is 15.8. The molecule has 0 radical (unpaired) electrons. The van der Waals surface area contributed by atoms with E-state index in [1.54, 1.807) is 57.4 Å². The van der Waals surface area contributed by atoms with Gasteiger partial charge in [-0.25, -0.2) is 9.79 Å². The van der Waals surface area contributed by atoms with Gasteiger partial charge < -0.3 is 18.6 Å². The molecule has 3 heterocycles. The first kappa shape index (κ1) is 23.1. The fourth-order valence-electron chi connectivity index (χ4n) is 3.66. The van der Waals surface area contributed by atoms with Gasteiger partial charge in [0, 0.05) is 6.08 Å². The van der Waals surface area contributed by atoms with Gasteiger partial charge in [0.2, 0.25) is 0 Å². The summed E-state index contributed by atoms with van der Waals surface area (Å²) in [5, 5.41) is 0. The molecule has 1 aliphatic rings. The quantitative estimate of drug-likeness (QED) is 0.452. The van der Waals surface area contributed by atoms with Gasteiger partial charge in [-0.15, -0.1) is 0 Å². The number of nitrogens with zero attached hydrogens (tertiary/aromatic N) is 2. The lowest BCUT2D eigenvalue weighted by atomic mass is 9.95. The largest absolute Gasteiger partial charge is 0.493 e. The van der Waals surface area contributed by atoms with Crippen molar-refractivity contribution < 1.29 is 23.4 Å². The third-order valence-corrected chi connectivity index (χ3v) is 6.52. The van der Waals surface area contributed by atoms with Gasteiger partial charge in [-0.1, -0.05) is 17.4 Å². The van der Waals surface area contributed by atoms with E-state index in [-0.39, 0.29) is 12.2 Å². The van der Waals surface area contributed by atoms with Crippen LogP contribution in [0.5, 0.6) is 11.5 Å². The van der Waals surface area contributed by atoms with E-state index in [1.807, 2.05) is 0 Å². The van der Waals surface area contributed by atoms with Gasteiger partial charge in [0.1, 0.15) is 5.76 Å². The van der Waals surface area contributed by atoms with Crippen LogP contribution in [0.3, 0.4) is 0 Å². The second kappa shape index (κ2) is 9.40. The number of furan rings is 1. The Kier molecular flexibility index (Phi) is 6.57. The van der Waals surface area contributed by atoms with Crippen LogP contribution < -0.4 is 24.4 Å². The molecule has 3 aromatic rings. The SMILES string of the molecule is CCOC(=O)C1=C(C)N=c2s/c(=C\c3ccc(Br)o3)c(=O)n2C1c1ccc(OC)c(OC)c1. The summed E-state index contributed by atoms with van der Waals surface area (Å²) in [6.07, 6.45) is 1.66. The third kappa shape index (κ3) is 4.28. The number of esters is 1. The van der Waals surface area contributed by atoms with E-state index in [1.165, 1.54) is 23.0 Å².